The molecular weight excluding hydrogens is 310 g/mol. The second-order valence-electron chi connectivity index (χ2n) is 8.05. The Balaban J connectivity index is 1.42. The molecule has 0 unspecified atom stereocenters. The molecule has 140 valence electrons. The molecule has 25 heavy (non-hydrogen) atoms. The van der Waals surface area contributed by atoms with Gasteiger partial charge in [0.05, 0.1) is 6.61 Å². The summed E-state index contributed by atoms with van der Waals surface area (Å²) in [6, 6.07) is 11.4. The van der Waals surface area contributed by atoms with Crippen LogP contribution in [-0.4, -0.2) is 79.7 Å². The van der Waals surface area contributed by atoms with Crippen molar-refractivity contribution in [3.8, 4) is 0 Å². The van der Waals surface area contributed by atoms with Gasteiger partial charge in [-0.3, -0.25) is 9.80 Å². The number of ether oxygens (including phenoxy) is 1. The Labute approximate surface area is 153 Å². The van der Waals surface area contributed by atoms with Crippen molar-refractivity contribution in [2.75, 3.05) is 59.0 Å². The summed E-state index contributed by atoms with van der Waals surface area (Å²) < 4.78 is 6.15. The molecule has 0 bridgehead atoms. The fraction of sp³-hybridized carbons (Fsp3) is 0.714. The highest BCUT2D eigenvalue weighted by Crippen LogP contribution is 2.29. The molecule has 0 amide bonds. The van der Waals surface area contributed by atoms with Crippen molar-refractivity contribution in [1.29, 1.82) is 0 Å². The van der Waals surface area contributed by atoms with Crippen molar-refractivity contribution < 1.29 is 4.74 Å². The van der Waals surface area contributed by atoms with Crippen molar-refractivity contribution in [3.05, 3.63) is 35.9 Å². The van der Waals surface area contributed by atoms with Gasteiger partial charge in [0.15, 0.2) is 0 Å². The van der Waals surface area contributed by atoms with Crippen molar-refractivity contribution in [1.82, 2.24) is 14.7 Å². The molecule has 1 aromatic rings. The largest absolute Gasteiger partial charge is 0.368 e. The second kappa shape index (κ2) is 8.63. The molecule has 2 fully saturated rings. The highest BCUT2D eigenvalue weighted by molar-refractivity contribution is 5.22. The normalized spacial score (nSPS) is 27.0. The lowest BCUT2D eigenvalue weighted by molar-refractivity contribution is -0.103. The maximum absolute atomic E-state index is 6.15. The van der Waals surface area contributed by atoms with E-state index in [1.807, 2.05) is 0 Å². The minimum absolute atomic E-state index is 0.164. The number of morpholine rings is 1. The van der Waals surface area contributed by atoms with Crippen LogP contribution in [0.4, 0.5) is 0 Å². The number of hydrogen-bond donors (Lipinski definition) is 0. The molecule has 2 saturated heterocycles. The molecule has 3 rings (SSSR count). The lowest BCUT2D eigenvalue weighted by Crippen LogP contribution is -2.50. The third-order valence-corrected chi connectivity index (χ3v) is 5.82. The van der Waals surface area contributed by atoms with Gasteiger partial charge < -0.3 is 9.64 Å². The van der Waals surface area contributed by atoms with Crippen LogP contribution in [0.25, 0.3) is 0 Å². The molecule has 0 spiro atoms. The van der Waals surface area contributed by atoms with Crippen LogP contribution in [0.15, 0.2) is 30.3 Å². The van der Waals surface area contributed by atoms with Gasteiger partial charge in [0.2, 0.25) is 0 Å². The minimum atomic E-state index is -0.164. The van der Waals surface area contributed by atoms with Crippen LogP contribution in [0, 0.1) is 0 Å². The van der Waals surface area contributed by atoms with E-state index < -0.39 is 0 Å². The van der Waals surface area contributed by atoms with Crippen LogP contribution in [0.2, 0.25) is 0 Å². The van der Waals surface area contributed by atoms with E-state index in [0.29, 0.717) is 6.04 Å². The molecule has 4 nitrogen and oxygen atoms in total. The maximum Gasteiger partial charge on any atom is 0.103 e. The summed E-state index contributed by atoms with van der Waals surface area (Å²) in [6.07, 6.45) is 1.26. The van der Waals surface area contributed by atoms with E-state index in [4.69, 9.17) is 4.74 Å². The first-order chi connectivity index (χ1) is 12.1. The highest BCUT2D eigenvalue weighted by atomic mass is 16.5. The number of nitrogens with zero attached hydrogens (tertiary/aromatic N) is 3. The van der Waals surface area contributed by atoms with Gasteiger partial charge >= 0.3 is 0 Å². The summed E-state index contributed by atoms with van der Waals surface area (Å²) in [5.74, 6) is 0. The van der Waals surface area contributed by atoms with Crippen molar-refractivity contribution >= 4 is 0 Å². The topological polar surface area (TPSA) is 19.0 Å². The zero-order chi connectivity index (χ0) is 17.7. The molecule has 4 heteroatoms. The first-order valence-electron chi connectivity index (χ1n) is 9.95. The Morgan fingerprint density at radius 3 is 2.32 bits per heavy atom. The monoisotopic (exact) mass is 345 g/mol. The zero-order valence-corrected chi connectivity index (χ0v) is 16.3. The average molecular weight is 346 g/mol. The molecule has 0 aromatic heterocycles. The van der Waals surface area contributed by atoms with Crippen molar-refractivity contribution in [2.45, 2.75) is 38.8 Å². The van der Waals surface area contributed by atoms with Crippen LogP contribution in [0.5, 0.6) is 0 Å². The fourth-order valence-corrected chi connectivity index (χ4v) is 4.13. The van der Waals surface area contributed by atoms with Crippen LogP contribution >= 0.6 is 0 Å². The SMILES string of the molecule is CC(C)N1CCN(CCCN2CCO[C@@](C)(c3ccccc3)C2)CC1. The number of hydrogen-bond acceptors (Lipinski definition) is 4. The van der Waals surface area contributed by atoms with Gasteiger partial charge in [-0.25, -0.2) is 0 Å². The standard InChI is InChI=1S/C21H35N3O/c1-19(2)24-14-12-22(13-15-24)10-7-11-23-16-17-25-21(3,18-23)20-8-5-4-6-9-20/h4-6,8-9,19H,7,10-18H2,1-3H3/t21-/m1/s1. The Bertz CT molecular complexity index is 513. The molecular formula is C21H35N3O. The first-order valence-corrected chi connectivity index (χ1v) is 9.95. The van der Waals surface area contributed by atoms with E-state index in [-0.39, 0.29) is 5.60 Å². The Hall–Kier alpha value is -0.940. The Kier molecular flexibility index (Phi) is 6.50. The van der Waals surface area contributed by atoms with E-state index in [1.54, 1.807) is 0 Å². The molecule has 2 aliphatic heterocycles. The summed E-state index contributed by atoms with van der Waals surface area (Å²) >= 11 is 0. The maximum atomic E-state index is 6.15. The van der Waals surface area contributed by atoms with Gasteiger partial charge in [-0.15, -0.1) is 0 Å². The van der Waals surface area contributed by atoms with E-state index in [2.05, 4.69) is 65.8 Å². The van der Waals surface area contributed by atoms with Gasteiger partial charge in [-0.1, -0.05) is 30.3 Å². The molecule has 0 aliphatic carbocycles. The van der Waals surface area contributed by atoms with Crippen LogP contribution in [0.3, 0.4) is 0 Å². The summed E-state index contributed by atoms with van der Waals surface area (Å²) in [7, 11) is 0. The van der Waals surface area contributed by atoms with Gasteiger partial charge in [-0.2, -0.15) is 0 Å². The molecule has 2 aliphatic rings. The molecule has 0 radical (unpaired) electrons. The highest BCUT2D eigenvalue weighted by Gasteiger charge is 2.33. The van der Waals surface area contributed by atoms with Gasteiger partial charge in [0, 0.05) is 45.3 Å². The summed E-state index contributed by atoms with van der Waals surface area (Å²) in [4.78, 5) is 7.81. The number of rotatable bonds is 6. The summed E-state index contributed by atoms with van der Waals surface area (Å²) in [6.45, 7) is 17.0. The zero-order valence-electron chi connectivity index (χ0n) is 16.3. The number of benzene rings is 1. The predicted molar refractivity (Wildman–Crippen MR) is 104 cm³/mol. The first kappa shape index (κ1) is 18.8. The Morgan fingerprint density at radius 1 is 0.960 bits per heavy atom. The van der Waals surface area contributed by atoms with Crippen LogP contribution < -0.4 is 0 Å². The summed E-state index contributed by atoms with van der Waals surface area (Å²) in [5.41, 5.74) is 1.13. The van der Waals surface area contributed by atoms with Crippen molar-refractivity contribution in [3.63, 3.8) is 0 Å². The quantitative estimate of drug-likeness (QED) is 0.789. The van der Waals surface area contributed by atoms with Gasteiger partial charge in [0.25, 0.3) is 0 Å². The molecule has 1 aromatic carbocycles. The smallest absolute Gasteiger partial charge is 0.103 e. The van der Waals surface area contributed by atoms with Gasteiger partial charge in [-0.05, 0) is 45.8 Å². The Morgan fingerprint density at radius 2 is 1.64 bits per heavy atom. The molecule has 0 N–H and O–H groups in total. The molecule has 1 atom stereocenters. The predicted octanol–water partition coefficient (Wildman–Crippen LogP) is 2.65. The lowest BCUT2D eigenvalue weighted by Gasteiger charge is -2.41. The van der Waals surface area contributed by atoms with E-state index in [9.17, 15) is 0 Å². The van der Waals surface area contributed by atoms with Crippen LogP contribution in [-0.2, 0) is 10.3 Å². The van der Waals surface area contributed by atoms with Crippen LogP contribution in [0.1, 0.15) is 32.8 Å². The third kappa shape index (κ3) is 5.04. The minimum Gasteiger partial charge on any atom is -0.368 e. The average Bonchev–Trinajstić information content (AvgIpc) is 2.63. The molecule has 0 saturated carbocycles. The van der Waals surface area contributed by atoms with Crippen molar-refractivity contribution in [2.24, 2.45) is 0 Å². The third-order valence-electron chi connectivity index (χ3n) is 5.82. The molecule has 2 heterocycles. The van der Waals surface area contributed by atoms with E-state index >= 15 is 0 Å². The summed E-state index contributed by atoms with van der Waals surface area (Å²) in [5, 5.41) is 0. The lowest BCUT2D eigenvalue weighted by atomic mass is 9.94. The second-order valence-corrected chi connectivity index (χ2v) is 8.05. The van der Waals surface area contributed by atoms with E-state index in [0.717, 1.165) is 19.7 Å². The fourth-order valence-electron chi connectivity index (χ4n) is 4.13. The number of piperazine rings is 1. The van der Waals surface area contributed by atoms with Gasteiger partial charge in [0.1, 0.15) is 5.60 Å². The van der Waals surface area contributed by atoms with E-state index in [1.165, 1.54) is 51.3 Å².